The van der Waals surface area contributed by atoms with Gasteiger partial charge in [-0.05, 0) is 17.7 Å². The average molecular weight is 210 g/mol. The van der Waals surface area contributed by atoms with Gasteiger partial charge in [-0.15, -0.1) is 0 Å². The van der Waals surface area contributed by atoms with E-state index in [1.165, 1.54) is 0 Å². The molecule has 0 saturated heterocycles. The number of phenols is 1. The Morgan fingerprint density at radius 2 is 1.79 bits per heavy atom. The number of alkyl halides is 3. The Hall–Kier alpha value is -1.30. The topological polar surface area (TPSA) is 40.5 Å². The summed E-state index contributed by atoms with van der Waals surface area (Å²) in [5, 5.41) is 17.4. The van der Waals surface area contributed by atoms with Crippen molar-refractivity contribution >= 4 is 0 Å². The molecule has 0 saturated carbocycles. The van der Waals surface area contributed by atoms with Crippen LogP contribution in [0.4, 0.5) is 17.6 Å². The number of phenolic OH excluding ortho intramolecular Hbond substituents is 1. The molecule has 2 nitrogen and oxygen atoms in total. The van der Waals surface area contributed by atoms with E-state index in [0.29, 0.717) is 6.07 Å². The van der Waals surface area contributed by atoms with Crippen LogP contribution in [-0.4, -0.2) is 16.4 Å². The van der Waals surface area contributed by atoms with Crippen molar-refractivity contribution in [1.29, 1.82) is 0 Å². The highest BCUT2D eigenvalue weighted by Crippen LogP contribution is 2.33. The van der Waals surface area contributed by atoms with Crippen molar-refractivity contribution in [1.82, 2.24) is 0 Å². The minimum atomic E-state index is -4.84. The number of hydrogen-bond donors (Lipinski definition) is 2. The molecule has 0 radical (unpaired) electrons. The Kier molecular flexibility index (Phi) is 2.66. The molecule has 6 heteroatoms. The van der Waals surface area contributed by atoms with Crippen LogP contribution in [0, 0.1) is 5.82 Å². The molecule has 0 fully saturated rings. The second-order valence-electron chi connectivity index (χ2n) is 2.65. The van der Waals surface area contributed by atoms with Crippen LogP contribution in [0.3, 0.4) is 0 Å². The molecule has 0 aliphatic carbocycles. The summed E-state index contributed by atoms with van der Waals surface area (Å²) in [5.74, 6) is -1.96. The Morgan fingerprint density at radius 3 is 2.21 bits per heavy atom. The van der Waals surface area contributed by atoms with Crippen molar-refractivity contribution in [2.75, 3.05) is 0 Å². The van der Waals surface area contributed by atoms with Crippen molar-refractivity contribution in [3.05, 3.63) is 29.6 Å². The van der Waals surface area contributed by atoms with Gasteiger partial charge in [0.2, 0.25) is 0 Å². The fraction of sp³-hybridized carbons (Fsp3) is 0.250. The number of aliphatic hydroxyl groups excluding tert-OH is 1. The van der Waals surface area contributed by atoms with Gasteiger partial charge in [0.05, 0.1) is 0 Å². The minimum Gasteiger partial charge on any atom is -0.505 e. The van der Waals surface area contributed by atoms with Gasteiger partial charge in [0.25, 0.3) is 0 Å². The van der Waals surface area contributed by atoms with E-state index >= 15 is 0 Å². The molecule has 0 aliphatic rings. The van der Waals surface area contributed by atoms with Crippen molar-refractivity contribution in [2.45, 2.75) is 12.3 Å². The Bertz CT molecular complexity index is 335. The van der Waals surface area contributed by atoms with E-state index in [-0.39, 0.29) is 0 Å². The van der Waals surface area contributed by atoms with E-state index in [4.69, 9.17) is 10.2 Å². The van der Waals surface area contributed by atoms with Crippen molar-refractivity contribution < 1.29 is 27.8 Å². The van der Waals surface area contributed by atoms with Crippen LogP contribution in [0.2, 0.25) is 0 Å². The lowest BCUT2D eigenvalue weighted by Gasteiger charge is -2.14. The Labute approximate surface area is 76.4 Å². The third-order valence-corrected chi connectivity index (χ3v) is 1.60. The lowest BCUT2D eigenvalue weighted by molar-refractivity contribution is -0.206. The molecule has 1 rings (SSSR count). The minimum absolute atomic E-state index is 0.438. The van der Waals surface area contributed by atoms with Crippen LogP contribution in [0.5, 0.6) is 5.75 Å². The Balaban J connectivity index is 3.03. The summed E-state index contributed by atoms with van der Waals surface area (Å²) < 4.78 is 48.4. The number of hydrogen-bond acceptors (Lipinski definition) is 2. The second kappa shape index (κ2) is 3.45. The summed E-state index contributed by atoms with van der Waals surface area (Å²) in [7, 11) is 0. The number of benzene rings is 1. The fourth-order valence-electron chi connectivity index (χ4n) is 0.882. The third-order valence-electron chi connectivity index (χ3n) is 1.60. The average Bonchev–Trinajstić information content (AvgIpc) is 2.07. The zero-order valence-corrected chi connectivity index (χ0v) is 6.72. The molecule has 0 bridgehead atoms. The van der Waals surface area contributed by atoms with Gasteiger partial charge in [0.15, 0.2) is 17.7 Å². The number of aliphatic hydroxyl groups is 1. The maximum absolute atomic E-state index is 12.6. The lowest BCUT2D eigenvalue weighted by Crippen LogP contribution is -2.20. The summed E-state index contributed by atoms with van der Waals surface area (Å²) in [5.41, 5.74) is -0.646. The first-order valence-electron chi connectivity index (χ1n) is 3.55. The van der Waals surface area contributed by atoms with E-state index in [2.05, 4.69) is 0 Å². The molecule has 0 aromatic heterocycles. The first-order valence-corrected chi connectivity index (χ1v) is 3.55. The standard InChI is InChI=1S/C8H6F4O2/c9-5-3-4(1-2-6(5)13)7(14)8(10,11)12/h1-3,7,13-14H/t7-/m1/s1. The zero-order chi connectivity index (χ0) is 10.9. The van der Waals surface area contributed by atoms with Crippen LogP contribution in [0.15, 0.2) is 18.2 Å². The van der Waals surface area contributed by atoms with Gasteiger partial charge < -0.3 is 10.2 Å². The van der Waals surface area contributed by atoms with Gasteiger partial charge in [-0.2, -0.15) is 13.2 Å². The summed E-state index contributed by atoms with van der Waals surface area (Å²) >= 11 is 0. The number of rotatable bonds is 1. The van der Waals surface area contributed by atoms with Gasteiger partial charge in [0.1, 0.15) is 0 Å². The van der Waals surface area contributed by atoms with Gasteiger partial charge in [-0.3, -0.25) is 0 Å². The quantitative estimate of drug-likeness (QED) is 0.697. The van der Waals surface area contributed by atoms with Crippen LogP contribution in [0.1, 0.15) is 11.7 Å². The van der Waals surface area contributed by atoms with Crippen LogP contribution < -0.4 is 0 Å². The third kappa shape index (κ3) is 2.14. The van der Waals surface area contributed by atoms with E-state index in [1.807, 2.05) is 0 Å². The van der Waals surface area contributed by atoms with E-state index < -0.39 is 29.4 Å². The first-order chi connectivity index (χ1) is 6.32. The van der Waals surface area contributed by atoms with Crippen molar-refractivity contribution in [2.24, 2.45) is 0 Å². The second-order valence-corrected chi connectivity index (χ2v) is 2.65. The summed E-state index contributed by atoms with van der Waals surface area (Å²) in [6, 6.07) is 1.99. The molecule has 0 amide bonds. The fourth-order valence-corrected chi connectivity index (χ4v) is 0.882. The predicted octanol–water partition coefficient (Wildman–Crippen LogP) is 2.13. The molecule has 1 atom stereocenters. The zero-order valence-electron chi connectivity index (χ0n) is 6.72. The van der Waals surface area contributed by atoms with Crippen molar-refractivity contribution in [3.8, 4) is 5.75 Å². The highest BCUT2D eigenvalue weighted by Gasteiger charge is 2.39. The Morgan fingerprint density at radius 1 is 1.21 bits per heavy atom. The summed E-state index contributed by atoms with van der Waals surface area (Å²) in [6.07, 6.45) is -7.58. The molecular formula is C8H6F4O2. The van der Waals surface area contributed by atoms with E-state index in [9.17, 15) is 17.6 Å². The molecule has 0 spiro atoms. The smallest absolute Gasteiger partial charge is 0.418 e. The molecule has 78 valence electrons. The highest BCUT2D eigenvalue weighted by atomic mass is 19.4. The van der Waals surface area contributed by atoms with Gasteiger partial charge in [-0.25, -0.2) is 4.39 Å². The molecule has 1 aromatic rings. The normalized spacial score (nSPS) is 14.1. The highest BCUT2D eigenvalue weighted by molar-refractivity contribution is 5.29. The first kappa shape index (κ1) is 10.8. The predicted molar refractivity (Wildman–Crippen MR) is 39.1 cm³/mol. The molecular weight excluding hydrogens is 204 g/mol. The lowest BCUT2D eigenvalue weighted by atomic mass is 10.1. The SMILES string of the molecule is Oc1ccc([C@@H](O)C(F)(F)F)cc1F. The van der Waals surface area contributed by atoms with Crippen molar-refractivity contribution in [3.63, 3.8) is 0 Å². The summed E-state index contributed by atoms with van der Waals surface area (Å²) in [6.45, 7) is 0. The van der Waals surface area contributed by atoms with Gasteiger partial charge >= 0.3 is 6.18 Å². The molecule has 0 unspecified atom stereocenters. The van der Waals surface area contributed by atoms with Crippen LogP contribution >= 0.6 is 0 Å². The largest absolute Gasteiger partial charge is 0.505 e. The molecule has 0 heterocycles. The number of halogens is 4. The van der Waals surface area contributed by atoms with Crippen LogP contribution in [0.25, 0.3) is 0 Å². The molecule has 0 aliphatic heterocycles. The van der Waals surface area contributed by atoms with E-state index in [1.54, 1.807) is 0 Å². The molecule has 14 heavy (non-hydrogen) atoms. The maximum Gasteiger partial charge on any atom is 0.418 e. The number of aromatic hydroxyl groups is 1. The van der Waals surface area contributed by atoms with Gasteiger partial charge in [0, 0.05) is 0 Å². The molecule has 2 N–H and O–H groups in total. The summed E-state index contributed by atoms with van der Waals surface area (Å²) in [4.78, 5) is 0. The van der Waals surface area contributed by atoms with Crippen LogP contribution in [-0.2, 0) is 0 Å². The monoisotopic (exact) mass is 210 g/mol. The van der Waals surface area contributed by atoms with Gasteiger partial charge in [-0.1, -0.05) is 6.07 Å². The maximum atomic E-state index is 12.6. The molecule has 1 aromatic carbocycles. The van der Waals surface area contributed by atoms with E-state index in [0.717, 1.165) is 12.1 Å².